The zero-order chi connectivity index (χ0) is 12.5. The van der Waals surface area contributed by atoms with Gasteiger partial charge in [0, 0.05) is 16.6 Å². The van der Waals surface area contributed by atoms with E-state index in [0.29, 0.717) is 22.6 Å². The van der Waals surface area contributed by atoms with Crippen molar-refractivity contribution in [3.8, 4) is 0 Å². The van der Waals surface area contributed by atoms with Crippen molar-refractivity contribution in [1.29, 1.82) is 0 Å². The number of halogens is 2. The third-order valence-corrected chi connectivity index (χ3v) is 2.75. The van der Waals surface area contributed by atoms with Gasteiger partial charge in [-0.1, -0.05) is 11.6 Å². The lowest BCUT2D eigenvalue weighted by atomic mass is 9.92. The first-order chi connectivity index (χ1) is 7.20. The van der Waals surface area contributed by atoms with Crippen LogP contribution >= 0.6 is 11.6 Å². The van der Waals surface area contributed by atoms with Gasteiger partial charge < -0.3 is 11.5 Å². The highest BCUT2D eigenvalue weighted by Gasteiger charge is 2.20. The van der Waals surface area contributed by atoms with Crippen LogP contribution in [0.15, 0.2) is 12.1 Å². The Hall–Kier alpha value is -0.640. The van der Waals surface area contributed by atoms with Gasteiger partial charge in [-0.2, -0.15) is 0 Å². The van der Waals surface area contributed by atoms with Gasteiger partial charge in [0.2, 0.25) is 0 Å². The minimum absolute atomic E-state index is 0.287. The fourth-order valence-electron chi connectivity index (χ4n) is 1.62. The van der Waals surface area contributed by atoms with Gasteiger partial charge in [0.25, 0.3) is 0 Å². The summed E-state index contributed by atoms with van der Waals surface area (Å²) in [5, 5.41) is 0.496. The van der Waals surface area contributed by atoms with Crippen LogP contribution in [0.5, 0.6) is 0 Å². The molecule has 0 aromatic heterocycles. The number of rotatable bonds is 3. The molecule has 4 heteroatoms. The molecule has 1 rings (SSSR count). The summed E-state index contributed by atoms with van der Waals surface area (Å²) >= 11 is 6.04. The Bertz CT molecular complexity index is 385. The summed E-state index contributed by atoms with van der Waals surface area (Å²) in [5.74, 6) is -0.287. The molecule has 0 bridgehead atoms. The lowest BCUT2D eigenvalue weighted by Gasteiger charge is -2.24. The van der Waals surface area contributed by atoms with E-state index in [0.717, 1.165) is 0 Å². The van der Waals surface area contributed by atoms with Crippen molar-refractivity contribution in [3.05, 3.63) is 34.1 Å². The summed E-state index contributed by atoms with van der Waals surface area (Å²) < 4.78 is 13.4. The molecule has 1 unspecified atom stereocenters. The smallest absolute Gasteiger partial charge is 0.126 e. The number of aryl methyl sites for hydroxylation is 1. The molecule has 0 fully saturated rings. The van der Waals surface area contributed by atoms with Gasteiger partial charge in [0.1, 0.15) is 5.82 Å². The van der Waals surface area contributed by atoms with Crippen molar-refractivity contribution < 1.29 is 4.39 Å². The van der Waals surface area contributed by atoms with Crippen molar-refractivity contribution in [2.24, 2.45) is 11.5 Å². The predicted octanol–water partition coefficient (Wildman–Crippen LogP) is 2.91. The molecule has 0 saturated carbocycles. The van der Waals surface area contributed by atoms with E-state index < -0.39 is 5.54 Å². The van der Waals surface area contributed by atoms with E-state index in [1.165, 1.54) is 6.07 Å². The summed E-state index contributed by atoms with van der Waals surface area (Å²) in [5.41, 5.74) is 12.6. The van der Waals surface area contributed by atoms with Gasteiger partial charge in [-0.15, -0.1) is 0 Å². The lowest BCUT2D eigenvalue weighted by Crippen LogP contribution is -2.36. The van der Waals surface area contributed by atoms with Gasteiger partial charge in [0.05, 0.1) is 0 Å². The van der Waals surface area contributed by atoms with E-state index in [1.807, 2.05) is 13.8 Å². The Kier molecular flexibility index (Phi) is 3.94. The Morgan fingerprint density at radius 1 is 1.44 bits per heavy atom. The predicted molar refractivity (Wildman–Crippen MR) is 66.0 cm³/mol. The second-order valence-electron chi connectivity index (χ2n) is 4.92. The Morgan fingerprint density at radius 3 is 2.50 bits per heavy atom. The molecule has 0 radical (unpaired) electrons. The second kappa shape index (κ2) is 4.70. The number of benzene rings is 1. The molecule has 0 spiro atoms. The number of hydrogen-bond acceptors (Lipinski definition) is 2. The van der Waals surface area contributed by atoms with E-state index in [-0.39, 0.29) is 11.9 Å². The van der Waals surface area contributed by atoms with Gasteiger partial charge in [-0.05, 0) is 50.5 Å². The van der Waals surface area contributed by atoms with Crippen LogP contribution in [0.2, 0.25) is 5.02 Å². The summed E-state index contributed by atoms with van der Waals surface area (Å²) in [6.07, 6.45) is 0.551. The quantitative estimate of drug-likeness (QED) is 0.859. The van der Waals surface area contributed by atoms with Gasteiger partial charge in [-0.3, -0.25) is 0 Å². The van der Waals surface area contributed by atoms with E-state index in [4.69, 9.17) is 23.1 Å². The van der Waals surface area contributed by atoms with Crippen LogP contribution in [0.1, 0.15) is 37.4 Å². The van der Waals surface area contributed by atoms with Gasteiger partial charge >= 0.3 is 0 Å². The molecule has 90 valence electrons. The van der Waals surface area contributed by atoms with Crippen LogP contribution in [-0.2, 0) is 0 Å². The van der Waals surface area contributed by atoms with Crippen LogP contribution < -0.4 is 11.5 Å². The van der Waals surface area contributed by atoms with Crippen LogP contribution in [0.3, 0.4) is 0 Å². The largest absolute Gasteiger partial charge is 0.325 e. The third kappa shape index (κ3) is 3.44. The van der Waals surface area contributed by atoms with Crippen molar-refractivity contribution in [2.45, 2.75) is 38.8 Å². The van der Waals surface area contributed by atoms with Crippen molar-refractivity contribution in [1.82, 2.24) is 0 Å². The molecule has 4 N–H and O–H groups in total. The average Bonchev–Trinajstić information content (AvgIpc) is 2.08. The highest BCUT2D eigenvalue weighted by atomic mass is 35.5. The SMILES string of the molecule is Cc1cc(Cl)c(C(N)CC(C)(C)N)cc1F. The van der Waals surface area contributed by atoms with Crippen molar-refractivity contribution in [3.63, 3.8) is 0 Å². The normalized spacial score (nSPS) is 13.9. The fraction of sp³-hybridized carbons (Fsp3) is 0.500. The number of hydrogen-bond donors (Lipinski definition) is 2. The maximum absolute atomic E-state index is 13.4. The third-order valence-electron chi connectivity index (χ3n) is 2.42. The first kappa shape index (κ1) is 13.4. The molecule has 16 heavy (non-hydrogen) atoms. The van der Waals surface area contributed by atoms with Gasteiger partial charge in [-0.25, -0.2) is 4.39 Å². The lowest BCUT2D eigenvalue weighted by molar-refractivity contribution is 0.428. The first-order valence-corrected chi connectivity index (χ1v) is 5.58. The molecule has 0 aliphatic carbocycles. The molecule has 1 atom stereocenters. The molecular formula is C12H18ClFN2. The summed E-state index contributed by atoms with van der Waals surface area (Å²) in [6, 6.07) is 2.64. The summed E-state index contributed by atoms with van der Waals surface area (Å²) in [7, 11) is 0. The Morgan fingerprint density at radius 2 is 2.00 bits per heavy atom. The minimum atomic E-state index is -0.399. The summed E-state index contributed by atoms with van der Waals surface area (Å²) in [4.78, 5) is 0. The molecular weight excluding hydrogens is 227 g/mol. The van der Waals surface area contributed by atoms with Gasteiger partial charge in [0.15, 0.2) is 0 Å². The number of nitrogens with two attached hydrogens (primary N) is 2. The molecule has 0 aliphatic heterocycles. The maximum atomic E-state index is 13.4. The molecule has 0 heterocycles. The van der Waals surface area contributed by atoms with E-state index in [2.05, 4.69) is 0 Å². The molecule has 2 nitrogen and oxygen atoms in total. The summed E-state index contributed by atoms with van der Waals surface area (Å²) in [6.45, 7) is 5.43. The second-order valence-corrected chi connectivity index (χ2v) is 5.33. The fourth-order valence-corrected chi connectivity index (χ4v) is 1.98. The van der Waals surface area contributed by atoms with Crippen molar-refractivity contribution >= 4 is 11.6 Å². The zero-order valence-corrected chi connectivity index (χ0v) is 10.6. The Labute approximate surface area is 101 Å². The molecule has 1 aromatic carbocycles. The minimum Gasteiger partial charge on any atom is -0.325 e. The zero-order valence-electron chi connectivity index (χ0n) is 9.85. The Balaban J connectivity index is 3.00. The topological polar surface area (TPSA) is 52.0 Å². The molecule has 0 saturated heterocycles. The maximum Gasteiger partial charge on any atom is 0.126 e. The molecule has 0 amide bonds. The van der Waals surface area contributed by atoms with E-state index in [1.54, 1.807) is 13.0 Å². The van der Waals surface area contributed by atoms with Crippen LogP contribution in [0, 0.1) is 12.7 Å². The highest BCUT2D eigenvalue weighted by molar-refractivity contribution is 6.31. The first-order valence-electron chi connectivity index (χ1n) is 5.21. The van der Waals surface area contributed by atoms with Crippen LogP contribution in [0.25, 0.3) is 0 Å². The average molecular weight is 245 g/mol. The van der Waals surface area contributed by atoms with Crippen LogP contribution in [0.4, 0.5) is 4.39 Å². The van der Waals surface area contributed by atoms with Crippen LogP contribution in [-0.4, -0.2) is 5.54 Å². The highest BCUT2D eigenvalue weighted by Crippen LogP contribution is 2.28. The monoisotopic (exact) mass is 244 g/mol. The molecule has 1 aromatic rings. The standard InChI is InChI=1S/C12H18ClFN2/c1-7-4-9(13)8(5-10(7)14)11(15)6-12(2,3)16/h4-5,11H,6,15-16H2,1-3H3. The van der Waals surface area contributed by atoms with E-state index >= 15 is 0 Å². The molecule has 0 aliphatic rings. The van der Waals surface area contributed by atoms with Crippen molar-refractivity contribution in [2.75, 3.05) is 0 Å². The van der Waals surface area contributed by atoms with E-state index in [9.17, 15) is 4.39 Å².